The average molecular weight is 455 g/mol. The Morgan fingerprint density at radius 1 is 0.906 bits per heavy atom. The molecule has 1 aliphatic heterocycles. The van der Waals surface area contributed by atoms with Crippen molar-refractivity contribution in [3.05, 3.63) is 0 Å². The first-order valence-electron chi connectivity index (χ1n) is 13.3. The molecule has 0 aliphatic carbocycles. The van der Waals surface area contributed by atoms with Gasteiger partial charge in [-0.15, -0.1) is 0 Å². The summed E-state index contributed by atoms with van der Waals surface area (Å²) in [5.41, 5.74) is 0. The van der Waals surface area contributed by atoms with Gasteiger partial charge in [0.25, 0.3) is 0 Å². The third-order valence-electron chi connectivity index (χ3n) is 6.26. The molecule has 0 bridgehead atoms. The quantitative estimate of drug-likeness (QED) is 0.233. The Bertz CT molecular complexity index is 498. The van der Waals surface area contributed by atoms with Gasteiger partial charge in [-0.05, 0) is 25.2 Å². The molecule has 1 rings (SSSR count). The molecule has 6 nitrogen and oxygen atoms in total. The van der Waals surface area contributed by atoms with Gasteiger partial charge >= 0.3 is 0 Å². The molecule has 0 aromatic carbocycles. The Morgan fingerprint density at radius 3 is 1.91 bits per heavy atom. The summed E-state index contributed by atoms with van der Waals surface area (Å²) in [6, 6.07) is -0.951. The molecular formula is C26H50N2O4. The summed E-state index contributed by atoms with van der Waals surface area (Å²) >= 11 is 0. The molecule has 2 unspecified atom stereocenters. The highest BCUT2D eigenvalue weighted by Crippen LogP contribution is 2.14. The lowest BCUT2D eigenvalue weighted by Crippen LogP contribution is -2.51. The van der Waals surface area contributed by atoms with Crippen LogP contribution in [-0.4, -0.2) is 41.9 Å². The largest absolute Gasteiger partial charge is 0.366 e. The van der Waals surface area contributed by atoms with Gasteiger partial charge in [0, 0.05) is 6.42 Å². The van der Waals surface area contributed by atoms with Gasteiger partial charge < -0.3 is 20.5 Å². The number of rotatable bonds is 19. The third-order valence-corrected chi connectivity index (χ3v) is 6.26. The molecular weight excluding hydrogens is 404 g/mol. The lowest BCUT2D eigenvalue weighted by molar-refractivity contribution is -0.131. The molecule has 0 aromatic heterocycles. The lowest BCUT2D eigenvalue weighted by Gasteiger charge is -2.23. The van der Waals surface area contributed by atoms with Crippen LogP contribution in [0.25, 0.3) is 0 Å². The summed E-state index contributed by atoms with van der Waals surface area (Å²) in [4.78, 5) is 25.0. The predicted molar refractivity (Wildman–Crippen MR) is 130 cm³/mol. The maximum absolute atomic E-state index is 12.6. The van der Waals surface area contributed by atoms with Crippen LogP contribution in [0.2, 0.25) is 0 Å². The SMILES string of the molecule is CCCCCCCCCCCCCCCC(=O)NC(CC(C)C)C(=O)N[C@H]1CCOC1O. The van der Waals surface area contributed by atoms with E-state index in [2.05, 4.69) is 17.6 Å². The molecule has 1 aliphatic rings. The third kappa shape index (κ3) is 14.1. The molecule has 188 valence electrons. The molecule has 0 radical (unpaired) electrons. The Morgan fingerprint density at radius 2 is 1.44 bits per heavy atom. The van der Waals surface area contributed by atoms with Crippen molar-refractivity contribution in [2.24, 2.45) is 5.92 Å². The number of ether oxygens (including phenoxy) is 1. The highest BCUT2D eigenvalue weighted by Gasteiger charge is 2.30. The first-order valence-corrected chi connectivity index (χ1v) is 13.3. The summed E-state index contributed by atoms with van der Waals surface area (Å²) in [5.74, 6) is -0.00352. The van der Waals surface area contributed by atoms with Crippen LogP contribution in [0.4, 0.5) is 0 Å². The molecule has 32 heavy (non-hydrogen) atoms. The number of carbonyl (C=O) groups is 2. The van der Waals surface area contributed by atoms with Gasteiger partial charge in [0.1, 0.15) is 6.04 Å². The summed E-state index contributed by atoms with van der Waals surface area (Å²) in [6.07, 6.45) is 17.3. The van der Waals surface area contributed by atoms with Crippen LogP contribution in [0.15, 0.2) is 0 Å². The van der Waals surface area contributed by atoms with E-state index in [0.29, 0.717) is 25.9 Å². The summed E-state index contributed by atoms with van der Waals surface area (Å²) in [7, 11) is 0. The van der Waals surface area contributed by atoms with E-state index in [1.165, 1.54) is 70.6 Å². The second-order valence-electron chi connectivity index (χ2n) is 9.91. The highest BCUT2D eigenvalue weighted by molar-refractivity contribution is 5.87. The standard InChI is InChI=1S/C26H50N2O4/c1-4-5-6-7-8-9-10-11-12-13-14-15-16-17-24(29)27-23(20-21(2)3)25(30)28-22-18-19-32-26(22)31/h21-23,26,31H,4-20H2,1-3H3,(H,27,29)(H,28,30)/t22-,23?,26?/m0/s1. The summed E-state index contributed by atoms with van der Waals surface area (Å²) in [5, 5.41) is 15.5. The molecule has 2 amide bonds. The molecule has 1 saturated heterocycles. The number of hydrogen-bond acceptors (Lipinski definition) is 4. The molecule has 6 heteroatoms. The van der Waals surface area contributed by atoms with E-state index in [1.807, 2.05) is 13.8 Å². The van der Waals surface area contributed by atoms with Gasteiger partial charge in [-0.1, -0.05) is 97.8 Å². The minimum absolute atomic E-state index is 0.0582. The van der Waals surface area contributed by atoms with Crippen molar-refractivity contribution in [2.45, 2.75) is 142 Å². The van der Waals surface area contributed by atoms with Crippen LogP contribution in [0, 0.1) is 5.92 Å². The minimum atomic E-state index is -0.958. The second-order valence-corrected chi connectivity index (χ2v) is 9.91. The zero-order valence-corrected chi connectivity index (χ0v) is 21.0. The second kappa shape index (κ2) is 18.3. The van der Waals surface area contributed by atoms with Gasteiger partial charge in [-0.25, -0.2) is 0 Å². The van der Waals surface area contributed by atoms with E-state index in [-0.39, 0.29) is 17.7 Å². The fourth-order valence-corrected chi connectivity index (χ4v) is 4.27. The van der Waals surface area contributed by atoms with E-state index in [1.54, 1.807) is 0 Å². The molecule has 0 aromatic rings. The molecule has 1 fully saturated rings. The molecule has 0 spiro atoms. The Hall–Kier alpha value is -1.14. The van der Waals surface area contributed by atoms with Crippen molar-refractivity contribution in [3.63, 3.8) is 0 Å². The Labute approximate surface area is 196 Å². The number of unbranched alkanes of at least 4 members (excludes halogenated alkanes) is 12. The van der Waals surface area contributed by atoms with Gasteiger partial charge in [0.2, 0.25) is 11.8 Å². The summed E-state index contributed by atoms with van der Waals surface area (Å²) < 4.78 is 5.09. The van der Waals surface area contributed by atoms with Crippen molar-refractivity contribution >= 4 is 11.8 Å². The number of aliphatic hydroxyl groups is 1. The van der Waals surface area contributed by atoms with Crippen molar-refractivity contribution < 1.29 is 19.4 Å². The Balaban J connectivity index is 2.10. The predicted octanol–water partition coefficient (Wildman–Crippen LogP) is 5.22. The molecule has 3 atom stereocenters. The topological polar surface area (TPSA) is 87.7 Å². The highest BCUT2D eigenvalue weighted by atomic mass is 16.6. The zero-order valence-electron chi connectivity index (χ0n) is 21.0. The number of carbonyl (C=O) groups excluding carboxylic acids is 2. The Kier molecular flexibility index (Phi) is 16.5. The van der Waals surface area contributed by atoms with Crippen LogP contribution >= 0.6 is 0 Å². The van der Waals surface area contributed by atoms with E-state index in [4.69, 9.17) is 4.74 Å². The fraction of sp³-hybridized carbons (Fsp3) is 0.923. The van der Waals surface area contributed by atoms with Crippen molar-refractivity contribution in [2.75, 3.05) is 6.61 Å². The monoisotopic (exact) mass is 454 g/mol. The maximum atomic E-state index is 12.6. The van der Waals surface area contributed by atoms with Crippen molar-refractivity contribution in [1.29, 1.82) is 0 Å². The minimum Gasteiger partial charge on any atom is -0.366 e. The number of amides is 2. The molecule has 0 saturated carbocycles. The summed E-state index contributed by atoms with van der Waals surface area (Å²) in [6.45, 7) is 6.76. The zero-order chi connectivity index (χ0) is 23.6. The fourth-order valence-electron chi connectivity index (χ4n) is 4.27. The smallest absolute Gasteiger partial charge is 0.242 e. The maximum Gasteiger partial charge on any atom is 0.242 e. The molecule has 1 heterocycles. The van der Waals surface area contributed by atoms with Crippen LogP contribution in [0.5, 0.6) is 0 Å². The number of aliphatic hydroxyl groups excluding tert-OH is 1. The number of nitrogens with one attached hydrogen (secondary N) is 2. The van der Waals surface area contributed by atoms with Crippen LogP contribution < -0.4 is 10.6 Å². The van der Waals surface area contributed by atoms with E-state index < -0.39 is 18.4 Å². The van der Waals surface area contributed by atoms with Crippen molar-refractivity contribution in [3.8, 4) is 0 Å². The number of hydrogen-bond donors (Lipinski definition) is 3. The van der Waals surface area contributed by atoms with Gasteiger partial charge in [-0.2, -0.15) is 0 Å². The molecule has 3 N–H and O–H groups in total. The van der Waals surface area contributed by atoms with Crippen LogP contribution in [0.3, 0.4) is 0 Å². The average Bonchev–Trinajstić information content (AvgIpc) is 3.15. The van der Waals surface area contributed by atoms with Crippen LogP contribution in [0.1, 0.15) is 124 Å². The van der Waals surface area contributed by atoms with Crippen molar-refractivity contribution in [1.82, 2.24) is 10.6 Å². The van der Waals surface area contributed by atoms with E-state index >= 15 is 0 Å². The van der Waals surface area contributed by atoms with Gasteiger partial charge in [-0.3, -0.25) is 9.59 Å². The van der Waals surface area contributed by atoms with Gasteiger partial charge in [0.05, 0.1) is 12.6 Å². The van der Waals surface area contributed by atoms with E-state index in [0.717, 1.165) is 12.8 Å². The first-order chi connectivity index (χ1) is 15.4. The van der Waals surface area contributed by atoms with E-state index in [9.17, 15) is 14.7 Å². The normalized spacial score (nSPS) is 19.3. The lowest BCUT2D eigenvalue weighted by atomic mass is 10.0. The van der Waals surface area contributed by atoms with Gasteiger partial charge in [0.15, 0.2) is 6.29 Å². The van der Waals surface area contributed by atoms with Crippen LogP contribution in [-0.2, 0) is 14.3 Å². The first kappa shape index (κ1) is 28.9.